The molecule has 0 radical (unpaired) electrons. The van der Waals surface area contributed by atoms with Gasteiger partial charge in [0, 0.05) is 35.8 Å². The van der Waals surface area contributed by atoms with E-state index in [1.807, 2.05) is 19.1 Å². The molecule has 2 atom stereocenters. The summed E-state index contributed by atoms with van der Waals surface area (Å²) in [7, 11) is 0. The van der Waals surface area contributed by atoms with Crippen molar-refractivity contribution in [2.75, 3.05) is 18.4 Å². The highest BCUT2D eigenvalue weighted by Gasteiger charge is 2.33. The molecule has 34 heavy (non-hydrogen) atoms. The molecule has 1 fully saturated rings. The fourth-order valence-electron chi connectivity index (χ4n) is 3.96. The molecule has 7 nitrogen and oxygen atoms in total. The zero-order chi connectivity index (χ0) is 24.1. The summed E-state index contributed by atoms with van der Waals surface area (Å²) in [5.41, 5.74) is 1.87. The molecule has 9 heteroatoms. The van der Waals surface area contributed by atoms with Crippen LogP contribution in [0.5, 0.6) is 0 Å². The van der Waals surface area contributed by atoms with Crippen LogP contribution in [0.15, 0.2) is 53.5 Å². The van der Waals surface area contributed by atoms with E-state index in [-0.39, 0.29) is 30.2 Å². The van der Waals surface area contributed by atoms with Crippen LogP contribution in [0.25, 0.3) is 0 Å². The number of thioether (sulfide) groups is 1. The van der Waals surface area contributed by atoms with Crippen molar-refractivity contribution in [3.8, 4) is 0 Å². The molecular weight excluding hydrogens is 472 g/mol. The predicted molar refractivity (Wildman–Crippen MR) is 136 cm³/mol. The van der Waals surface area contributed by atoms with Gasteiger partial charge < -0.3 is 15.5 Å². The van der Waals surface area contributed by atoms with Gasteiger partial charge in [-0.1, -0.05) is 41.6 Å². The molecule has 4 rings (SSSR count). The Morgan fingerprint density at radius 2 is 1.88 bits per heavy atom. The van der Waals surface area contributed by atoms with Crippen molar-refractivity contribution < 1.29 is 14.4 Å². The van der Waals surface area contributed by atoms with Gasteiger partial charge in [0.1, 0.15) is 5.25 Å². The monoisotopic (exact) mass is 498 g/mol. The molecule has 2 aliphatic rings. The zero-order valence-electron chi connectivity index (χ0n) is 18.9. The molecular formula is C25H27ClN4O3S. The number of hydrogen-bond acceptors (Lipinski definition) is 5. The SMILES string of the molecule is CC(NC(=O)c1cccc(NC(=O)CC2SC(N3CCCCC3)=NC2=O)c1)c1ccc(Cl)cc1. The van der Waals surface area contributed by atoms with Crippen molar-refractivity contribution in [1.82, 2.24) is 10.2 Å². The number of nitrogens with one attached hydrogen (secondary N) is 2. The van der Waals surface area contributed by atoms with Crippen molar-refractivity contribution in [3.63, 3.8) is 0 Å². The number of benzene rings is 2. The number of carbonyl (C=O) groups excluding carboxylic acids is 3. The lowest BCUT2D eigenvalue weighted by atomic mass is 10.1. The van der Waals surface area contributed by atoms with Gasteiger partial charge in [0.05, 0.1) is 6.04 Å². The molecule has 2 aliphatic heterocycles. The Bertz CT molecular complexity index is 1100. The van der Waals surface area contributed by atoms with Crippen LogP contribution in [0.3, 0.4) is 0 Å². The van der Waals surface area contributed by atoms with Gasteiger partial charge in [0.25, 0.3) is 11.8 Å². The molecule has 1 saturated heterocycles. The van der Waals surface area contributed by atoms with E-state index < -0.39 is 5.25 Å². The number of carbonyl (C=O) groups is 3. The topological polar surface area (TPSA) is 90.9 Å². The third kappa shape index (κ3) is 6.18. The molecule has 0 spiro atoms. The summed E-state index contributed by atoms with van der Waals surface area (Å²) in [6.45, 7) is 3.70. The first-order valence-electron chi connectivity index (χ1n) is 11.4. The fraction of sp³-hybridized carbons (Fsp3) is 0.360. The maximum atomic E-state index is 12.7. The molecule has 2 N–H and O–H groups in total. The summed E-state index contributed by atoms with van der Waals surface area (Å²) in [6, 6.07) is 13.8. The maximum absolute atomic E-state index is 12.7. The first kappa shape index (κ1) is 24.3. The van der Waals surface area contributed by atoms with E-state index in [9.17, 15) is 14.4 Å². The minimum Gasteiger partial charge on any atom is -0.351 e. The summed E-state index contributed by atoms with van der Waals surface area (Å²) in [6.07, 6.45) is 3.43. The van der Waals surface area contributed by atoms with Gasteiger partial charge in [0.2, 0.25) is 5.91 Å². The summed E-state index contributed by atoms with van der Waals surface area (Å²) >= 11 is 7.30. The Balaban J connectivity index is 1.31. The lowest BCUT2D eigenvalue weighted by molar-refractivity contribution is -0.121. The lowest BCUT2D eigenvalue weighted by Crippen LogP contribution is -2.33. The molecule has 0 bridgehead atoms. The number of rotatable bonds is 6. The molecule has 2 heterocycles. The van der Waals surface area contributed by atoms with Crippen LogP contribution < -0.4 is 10.6 Å². The van der Waals surface area contributed by atoms with Crippen LogP contribution >= 0.6 is 23.4 Å². The normalized spacial score (nSPS) is 18.9. The van der Waals surface area contributed by atoms with Crippen LogP contribution in [-0.4, -0.2) is 46.1 Å². The highest BCUT2D eigenvalue weighted by Crippen LogP contribution is 2.29. The summed E-state index contributed by atoms with van der Waals surface area (Å²) < 4.78 is 0. The Morgan fingerprint density at radius 1 is 1.15 bits per heavy atom. The molecule has 178 valence electrons. The smallest absolute Gasteiger partial charge is 0.262 e. The number of hydrogen-bond donors (Lipinski definition) is 2. The van der Waals surface area contributed by atoms with E-state index >= 15 is 0 Å². The Morgan fingerprint density at radius 3 is 2.62 bits per heavy atom. The van der Waals surface area contributed by atoms with E-state index in [4.69, 9.17) is 11.6 Å². The van der Waals surface area contributed by atoms with Gasteiger partial charge in [-0.3, -0.25) is 14.4 Å². The number of anilines is 1. The van der Waals surface area contributed by atoms with E-state index in [2.05, 4.69) is 20.5 Å². The first-order valence-corrected chi connectivity index (χ1v) is 12.6. The number of likely N-dealkylation sites (tertiary alicyclic amines) is 1. The molecule has 3 amide bonds. The van der Waals surface area contributed by atoms with E-state index in [1.54, 1.807) is 36.4 Å². The fourth-order valence-corrected chi connectivity index (χ4v) is 5.21. The van der Waals surface area contributed by atoms with Crippen LogP contribution in [0.2, 0.25) is 5.02 Å². The van der Waals surface area contributed by atoms with Crippen LogP contribution in [0, 0.1) is 0 Å². The second-order valence-electron chi connectivity index (χ2n) is 8.47. The average molecular weight is 499 g/mol. The van der Waals surface area contributed by atoms with Gasteiger partial charge >= 0.3 is 0 Å². The molecule has 0 aromatic heterocycles. The summed E-state index contributed by atoms with van der Waals surface area (Å²) in [5.74, 6) is -0.794. The van der Waals surface area contributed by atoms with Crippen LogP contribution in [0.4, 0.5) is 5.69 Å². The second-order valence-corrected chi connectivity index (χ2v) is 10.1. The van der Waals surface area contributed by atoms with Gasteiger partial charge in [-0.05, 0) is 62.1 Å². The number of piperidine rings is 1. The number of nitrogens with zero attached hydrogens (tertiary/aromatic N) is 2. The molecule has 2 unspecified atom stereocenters. The molecule has 2 aromatic rings. The summed E-state index contributed by atoms with van der Waals surface area (Å²) in [4.78, 5) is 44.0. The van der Waals surface area contributed by atoms with Crippen molar-refractivity contribution in [2.45, 2.75) is 43.9 Å². The average Bonchev–Trinajstić information content (AvgIpc) is 3.20. The minimum absolute atomic E-state index is 0.0361. The quantitative estimate of drug-likeness (QED) is 0.605. The third-order valence-electron chi connectivity index (χ3n) is 5.85. The number of amidine groups is 1. The van der Waals surface area contributed by atoms with E-state index in [1.165, 1.54) is 18.2 Å². The minimum atomic E-state index is -0.511. The number of amides is 3. The standard InChI is InChI=1S/C25H27ClN4O3S/c1-16(17-8-10-19(26)11-9-17)27-23(32)18-6-5-7-20(14-18)28-22(31)15-21-24(33)29-25(34-21)30-12-3-2-4-13-30/h5-11,14,16,21H,2-4,12-13,15H2,1H3,(H,27,32)(H,28,31). The third-order valence-corrected chi connectivity index (χ3v) is 7.32. The zero-order valence-corrected chi connectivity index (χ0v) is 20.5. The van der Waals surface area contributed by atoms with Gasteiger partial charge in [-0.2, -0.15) is 4.99 Å². The highest BCUT2D eigenvalue weighted by molar-refractivity contribution is 8.15. The lowest BCUT2D eigenvalue weighted by Gasteiger charge is -2.27. The van der Waals surface area contributed by atoms with Crippen molar-refractivity contribution in [3.05, 3.63) is 64.7 Å². The molecule has 2 aromatic carbocycles. The van der Waals surface area contributed by atoms with Crippen molar-refractivity contribution in [1.29, 1.82) is 0 Å². The number of aliphatic imine (C=N–C) groups is 1. The van der Waals surface area contributed by atoms with Crippen molar-refractivity contribution in [2.24, 2.45) is 4.99 Å². The molecule has 0 aliphatic carbocycles. The van der Waals surface area contributed by atoms with Gasteiger partial charge in [-0.15, -0.1) is 0 Å². The molecule has 0 saturated carbocycles. The maximum Gasteiger partial charge on any atom is 0.262 e. The van der Waals surface area contributed by atoms with E-state index in [0.29, 0.717) is 16.3 Å². The summed E-state index contributed by atoms with van der Waals surface area (Å²) in [5, 5.41) is 6.62. The predicted octanol–water partition coefficient (Wildman–Crippen LogP) is 4.64. The second kappa shape index (κ2) is 11.1. The van der Waals surface area contributed by atoms with E-state index in [0.717, 1.165) is 36.7 Å². The first-order chi connectivity index (χ1) is 16.4. The van der Waals surface area contributed by atoms with Crippen LogP contribution in [0.1, 0.15) is 54.6 Å². The van der Waals surface area contributed by atoms with Crippen molar-refractivity contribution >= 4 is 51.9 Å². The number of halogens is 1. The van der Waals surface area contributed by atoms with Gasteiger partial charge in [-0.25, -0.2) is 0 Å². The largest absolute Gasteiger partial charge is 0.351 e. The Hall–Kier alpha value is -2.84. The highest BCUT2D eigenvalue weighted by atomic mass is 35.5. The Kier molecular flexibility index (Phi) is 7.90. The van der Waals surface area contributed by atoms with Gasteiger partial charge in [0.15, 0.2) is 5.17 Å². The Labute approximate surface area is 208 Å². The van der Waals surface area contributed by atoms with Crippen LogP contribution in [-0.2, 0) is 9.59 Å².